The first-order valence-electron chi connectivity index (χ1n) is 5.19. The monoisotopic (exact) mass is 421 g/mol. The van der Waals surface area contributed by atoms with E-state index in [0.29, 0.717) is 25.8 Å². The zero-order valence-corrected chi connectivity index (χ0v) is 14.1. The van der Waals surface area contributed by atoms with Crippen molar-refractivity contribution in [2.24, 2.45) is 0 Å². The van der Waals surface area contributed by atoms with Gasteiger partial charge in [0, 0.05) is 8.95 Å². The molecule has 0 radical (unpaired) electrons. The van der Waals surface area contributed by atoms with Crippen LogP contribution in [0.15, 0.2) is 45.3 Å². The van der Waals surface area contributed by atoms with Crippen LogP contribution in [0.1, 0.15) is 10.4 Å². The number of hydrogen-bond donors (Lipinski definition) is 1. The third-order valence-electron chi connectivity index (χ3n) is 2.37. The van der Waals surface area contributed by atoms with Gasteiger partial charge in [-0.25, -0.2) is 0 Å². The summed E-state index contributed by atoms with van der Waals surface area (Å²) >= 11 is 18.6. The minimum Gasteiger partial charge on any atom is -0.321 e. The van der Waals surface area contributed by atoms with E-state index in [2.05, 4.69) is 37.2 Å². The third kappa shape index (κ3) is 3.51. The number of halogens is 4. The van der Waals surface area contributed by atoms with Crippen LogP contribution in [0.4, 0.5) is 5.69 Å². The summed E-state index contributed by atoms with van der Waals surface area (Å²) in [7, 11) is 0. The molecule has 2 aromatic carbocycles. The van der Waals surface area contributed by atoms with Crippen molar-refractivity contribution in [2.75, 3.05) is 5.32 Å². The quantitative estimate of drug-likeness (QED) is 0.652. The fourth-order valence-electron chi connectivity index (χ4n) is 1.46. The minimum absolute atomic E-state index is 0.266. The zero-order valence-electron chi connectivity index (χ0n) is 9.38. The topological polar surface area (TPSA) is 29.1 Å². The van der Waals surface area contributed by atoms with E-state index >= 15 is 0 Å². The maximum atomic E-state index is 12.2. The molecule has 0 heterocycles. The lowest BCUT2D eigenvalue weighted by atomic mass is 10.2. The van der Waals surface area contributed by atoms with Gasteiger partial charge in [-0.05, 0) is 46.3 Å². The molecule has 0 aliphatic heterocycles. The van der Waals surface area contributed by atoms with E-state index in [1.165, 1.54) is 0 Å². The van der Waals surface area contributed by atoms with Gasteiger partial charge in [-0.2, -0.15) is 0 Å². The van der Waals surface area contributed by atoms with Crippen LogP contribution >= 0.6 is 55.1 Å². The van der Waals surface area contributed by atoms with Gasteiger partial charge in [-0.1, -0.05) is 45.2 Å². The number of hydrogen-bond acceptors (Lipinski definition) is 1. The van der Waals surface area contributed by atoms with Crippen LogP contribution in [0.25, 0.3) is 0 Å². The number of amides is 1. The van der Waals surface area contributed by atoms with Crippen molar-refractivity contribution in [2.45, 2.75) is 0 Å². The maximum Gasteiger partial charge on any atom is 0.256 e. The number of rotatable bonds is 2. The van der Waals surface area contributed by atoms with Crippen LogP contribution in [0, 0.1) is 0 Å². The second kappa shape index (κ2) is 6.27. The summed E-state index contributed by atoms with van der Waals surface area (Å²) in [5.41, 5.74) is 0.983. The Bertz CT molecular complexity index is 647. The molecule has 0 saturated carbocycles. The van der Waals surface area contributed by atoms with Crippen LogP contribution in [-0.2, 0) is 0 Å². The molecular weight excluding hydrogens is 417 g/mol. The largest absolute Gasteiger partial charge is 0.321 e. The van der Waals surface area contributed by atoms with Crippen molar-refractivity contribution in [1.29, 1.82) is 0 Å². The van der Waals surface area contributed by atoms with Crippen LogP contribution in [0.3, 0.4) is 0 Å². The average molecular weight is 424 g/mol. The maximum absolute atomic E-state index is 12.2. The lowest BCUT2D eigenvalue weighted by molar-refractivity contribution is 0.102. The highest BCUT2D eigenvalue weighted by Gasteiger charge is 2.13. The Kier molecular flexibility index (Phi) is 4.90. The Hall–Kier alpha value is -0.550. The Morgan fingerprint density at radius 1 is 1.11 bits per heavy atom. The predicted molar refractivity (Wildman–Crippen MR) is 86.3 cm³/mol. The van der Waals surface area contributed by atoms with E-state index in [4.69, 9.17) is 23.2 Å². The van der Waals surface area contributed by atoms with Gasteiger partial charge >= 0.3 is 0 Å². The minimum atomic E-state index is -0.266. The molecule has 0 bridgehead atoms. The van der Waals surface area contributed by atoms with Crippen molar-refractivity contribution in [3.8, 4) is 0 Å². The summed E-state index contributed by atoms with van der Waals surface area (Å²) in [6.07, 6.45) is 0. The molecule has 0 atom stereocenters. The highest BCUT2D eigenvalue weighted by atomic mass is 79.9. The first-order chi connectivity index (χ1) is 8.99. The van der Waals surface area contributed by atoms with Crippen molar-refractivity contribution in [1.82, 2.24) is 0 Å². The average Bonchev–Trinajstić information content (AvgIpc) is 2.38. The highest BCUT2D eigenvalue weighted by Crippen LogP contribution is 2.30. The van der Waals surface area contributed by atoms with E-state index in [9.17, 15) is 4.79 Å². The number of benzene rings is 2. The molecule has 1 amide bonds. The summed E-state index contributed by atoms with van der Waals surface area (Å²) in [6, 6.07) is 10.4. The number of nitrogens with one attached hydrogen (secondary N) is 1. The van der Waals surface area contributed by atoms with Crippen LogP contribution < -0.4 is 5.32 Å². The molecule has 2 aromatic rings. The normalized spacial score (nSPS) is 10.3. The number of carbonyl (C=O) groups excluding carboxylic acids is 1. The van der Waals surface area contributed by atoms with Crippen molar-refractivity contribution >= 4 is 66.7 Å². The van der Waals surface area contributed by atoms with E-state index in [1.54, 1.807) is 30.3 Å². The molecule has 6 heteroatoms. The fraction of sp³-hybridized carbons (Fsp3) is 0. The molecule has 19 heavy (non-hydrogen) atoms. The molecule has 2 rings (SSSR count). The summed E-state index contributed by atoms with van der Waals surface area (Å²) in [5, 5.41) is 3.45. The molecule has 0 aliphatic carbocycles. The highest BCUT2D eigenvalue weighted by molar-refractivity contribution is 9.11. The summed E-state index contributed by atoms with van der Waals surface area (Å²) in [6.45, 7) is 0. The molecule has 0 aliphatic rings. The van der Waals surface area contributed by atoms with Crippen LogP contribution in [-0.4, -0.2) is 5.91 Å². The SMILES string of the molecule is O=C(Nc1cccc(Cl)c1Cl)c1cc(Br)ccc1Br. The lowest BCUT2D eigenvalue weighted by Crippen LogP contribution is -2.13. The van der Waals surface area contributed by atoms with Gasteiger partial charge in [-0.3, -0.25) is 4.79 Å². The van der Waals surface area contributed by atoms with Crippen LogP contribution in [0.5, 0.6) is 0 Å². The Morgan fingerprint density at radius 2 is 1.84 bits per heavy atom. The Labute approximate surface area is 137 Å². The molecule has 0 unspecified atom stereocenters. The molecule has 2 nitrogen and oxygen atoms in total. The Morgan fingerprint density at radius 3 is 2.58 bits per heavy atom. The summed E-state index contributed by atoms with van der Waals surface area (Å²) < 4.78 is 1.52. The first kappa shape index (κ1) is 14.9. The lowest BCUT2D eigenvalue weighted by Gasteiger charge is -2.09. The predicted octanol–water partition coefficient (Wildman–Crippen LogP) is 5.77. The van der Waals surface area contributed by atoms with Crippen LogP contribution in [0.2, 0.25) is 10.0 Å². The van der Waals surface area contributed by atoms with Gasteiger partial charge in [0.1, 0.15) is 0 Å². The van der Waals surface area contributed by atoms with Gasteiger partial charge in [0.25, 0.3) is 5.91 Å². The molecule has 0 aromatic heterocycles. The molecule has 0 saturated heterocycles. The third-order valence-corrected chi connectivity index (χ3v) is 4.38. The van der Waals surface area contributed by atoms with Gasteiger partial charge in [0.05, 0.1) is 21.3 Å². The molecule has 0 fully saturated rings. The summed E-state index contributed by atoms with van der Waals surface area (Å²) in [5.74, 6) is -0.266. The standard InChI is InChI=1S/C13H7Br2Cl2NO/c14-7-4-5-9(15)8(6-7)13(19)18-11-3-1-2-10(16)12(11)17/h1-6H,(H,18,19). The first-order valence-corrected chi connectivity index (χ1v) is 7.53. The second-order valence-corrected chi connectivity index (χ2v) is 6.23. The second-order valence-electron chi connectivity index (χ2n) is 3.68. The van der Waals surface area contributed by atoms with Gasteiger partial charge in [0.15, 0.2) is 0 Å². The number of carbonyl (C=O) groups is 1. The molecule has 1 N–H and O–H groups in total. The summed E-state index contributed by atoms with van der Waals surface area (Å²) in [4.78, 5) is 12.2. The molecular formula is C13H7Br2Cl2NO. The van der Waals surface area contributed by atoms with Crippen molar-refractivity contribution < 1.29 is 4.79 Å². The fourth-order valence-corrected chi connectivity index (χ4v) is 2.60. The smallest absolute Gasteiger partial charge is 0.256 e. The van der Waals surface area contributed by atoms with Gasteiger partial charge in [-0.15, -0.1) is 0 Å². The zero-order chi connectivity index (χ0) is 14.0. The van der Waals surface area contributed by atoms with E-state index in [0.717, 1.165) is 4.47 Å². The van der Waals surface area contributed by atoms with Gasteiger partial charge in [0.2, 0.25) is 0 Å². The molecule has 0 spiro atoms. The van der Waals surface area contributed by atoms with E-state index in [1.807, 2.05) is 6.07 Å². The van der Waals surface area contributed by atoms with Crippen molar-refractivity contribution in [3.05, 3.63) is 61.0 Å². The Balaban J connectivity index is 2.31. The molecule has 98 valence electrons. The van der Waals surface area contributed by atoms with Gasteiger partial charge < -0.3 is 5.32 Å². The van der Waals surface area contributed by atoms with E-state index < -0.39 is 0 Å². The van der Waals surface area contributed by atoms with E-state index in [-0.39, 0.29) is 5.91 Å². The van der Waals surface area contributed by atoms with Crippen molar-refractivity contribution in [3.63, 3.8) is 0 Å². The number of anilines is 1.